The molecule has 1 aliphatic carbocycles. The molecule has 1 saturated heterocycles. The van der Waals surface area contributed by atoms with E-state index in [1.54, 1.807) is 0 Å². The van der Waals surface area contributed by atoms with Crippen molar-refractivity contribution in [1.29, 1.82) is 0 Å². The maximum atomic E-state index is 6.21. The fraction of sp³-hybridized carbons (Fsp3) is 0.611. The molecule has 0 aromatic heterocycles. The maximum Gasteiger partial charge on any atom is 0.191 e. The minimum atomic E-state index is 0.357. The van der Waals surface area contributed by atoms with Crippen LogP contribution in [0.5, 0.6) is 5.75 Å². The summed E-state index contributed by atoms with van der Waals surface area (Å²) < 4.78 is 5.49. The van der Waals surface area contributed by atoms with Gasteiger partial charge in [0, 0.05) is 19.0 Å². The van der Waals surface area contributed by atoms with Gasteiger partial charge in [0.25, 0.3) is 0 Å². The summed E-state index contributed by atoms with van der Waals surface area (Å²) in [5.41, 5.74) is 7.56. The minimum absolute atomic E-state index is 0.357. The fourth-order valence-corrected chi connectivity index (χ4v) is 3.31. The first kappa shape index (κ1) is 15.2. The minimum Gasteiger partial charge on any atom is -0.494 e. The average Bonchev–Trinajstić information content (AvgIpc) is 3.27. The highest BCUT2D eigenvalue weighted by molar-refractivity contribution is 5.78. The van der Waals surface area contributed by atoms with Crippen molar-refractivity contribution in [3.05, 3.63) is 29.8 Å². The molecule has 1 aromatic rings. The molecule has 2 N–H and O–H groups in total. The standard InChI is InChI=1S/C18H27N3O/c1-3-22-15-8-6-14(7-9-15)16-11-17(16)20-18(19)21-10-4-5-13(2)12-21/h6-9,13,16-17H,3-5,10-12H2,1-2H3,(H2,19,20)/t13?,16-,17+/m0/s1. The Bertz CT molecular complexity index is 526. The Morgan fingerprint density at radius 1 is 1.36 bits per heavy atom. The molecular weight excluding hydrogens is 274 g/mol. The van der Waals surface area contributed by atoms with Crippen LogP contribution < -0.4 is 10.5 Å². The van der Waals surface area contributed by atoms with Gasteiger partial charge in [-0.2, -0.15) is 0 Å². The fourth-order valence-electron chi connectivity index (χ4n) is 3.31. The summed E-state index contributed by atoms with van der Waals surface area (Å²) in [4.78, 5) is 7.00. The summed E-state index contributed by atoms with van der Waals surface area (Å²) in [6.45, 7) is 7.11. The van der Waals surface area contributed by atoms with Crippen LogP contribution in [0.2, 0.25) is 0 Å². The summed E-state index contributed by atoms with van der Waals surface area (Å²) in [7, 11) is 0. The number of likely N-dealkylation sites (tertiary alicyclic amines) is 1. The van der Waals surface area contributed by atoms with Gasteiger partial charge >= 0.3 is 0 Å². The van der Waals surface area contributed by atoms with E-state index in [0.29, 0.717) is 18.6 Å². The maximum absolute atomic E-state index is 6.21. The quantitative estimate of drug-likeness (QED) is 0.687. The molecule has 0 radical (unpaired) electrons. The van der Waals surface area contributed by atoms with E-state index in [4.69, 9.17) is 15.5 Å². The van der Waals surface area contributed by atoms with Crippen LogP contribution in [-0.2, 0) is 0 Å². The predicted molar refractivity (Wildman–Crippen MR) is 90.4 cm³/mol. The number of guanidine groups is 1. The van der Waals surface area contributed by atoms with Crippen molar-refractivity contribution < 1.29 is 4.74 Å². The van der Waals surface area contributed by atoms with Crippen molar-refractivity contribution in [1.82, 2.24) is 4.90 Å². The normalized spacial score (nSPS) is 28.5. The van der Waals surface area contributed by atoms with Crippen molar-refractivity contribution in [3.63, 3.8) is 0 Å². The van der Waals surface area contributed by atoms with E-state index in [2.05, 4.69) is 24.0 Å². The lowest BCUT2D eigenvalue weighted by atomic mass is 10.0. The SMILES string of the molecule is CCOc1ccc([C@@H]2C[C@H]2N=C(N)N2CCCC(C)C2)cc1. The summed E-state index contributed by atoms with van der Waals surface area (Å²) in [5, 5.41) is 0. The molecule has 2 aliphatic rings. The van der Waals surface area contributed by atoms with Gasteiger partial charge in [-0.3, -0.25) is 0 Å². The summed E-state index contributed by atoms with van der Waals surface area (Å²) in [5.74, 6) is 2.93. The van der Waals surface area contributed by atoms with E-state index >= 15 is 0 Å². The molecule has 1 heterocycles. The van der Waals surface area contributed by atoms with Crippen LogP contribution in [0.4, 0.5) is 0 Å². The van der Waals surface area contributed by atoms with Gasteiger partial charge in [0.1, 0.15) is 5.75 Å². The van der Waals surface area contributed by atoms with Crippen LogP contribution >= 0.6 is 0 Å². The van der Waals surface area contributed by atoms with Gasteiger partial charge < -0.3 is 15.4 Å². The monoisotopic (exact) mass is 301 g/mol. The second-order valence-corrected chi connectivity index (χ2v) is 6.59. The van der Waals surface area contributed by atoms with E-state index in [0.717, 1.165) is 37.1 Å². The number of hydrogen-bond donors (Lipinski definition) is 1. The molecule has 0 bridgehead atoms. The second-order valence-electron chi connectivity index (χ2n) is 6.59. The Hall–Kier alpha value is -1.71. The molecule has 1 aliphatic heterocycles. The zero-order chi connectivity index (χ0) is 15.5. The van der Waals surface area contributed by atoms with Gasteiger partial charge in [0.05, 0.1) is 12.6 Å². The van der Waals surface area contributed by atoms with Crippen LogP contribution in [-0.4, -0.2) is 36.6 Å². The smallest absolute Gasteiger partial charge is 0.191 e. The lowest BCUT2D eigenvalue weighted by molar-refractivity contribution is 0.270. The van der Waals surface area contributed by atoms with E-state index in [1.807, 2.05) is 19.1 Å². The number of ether oxygens (including phenoxy) is 1. The van der Waals surface area contributed by atoms with Crippen molar-refractivity contribution >= 4 is 5.96 Å². The molecule has 1 unspecified atom stereocenters. The highest BCUT2D eigenvalue weighted by atomic mass is 16.5. The lowest BCUT2D eigenvalue weighted by Crippen LogP contribution is -2.43. The van der Waals surface area contributed by atoms with Crippen LogP contribution in [0.25, 0.3) is 0 Å². The Balaban J connectivity index is 1.58. The lowest BCUT2D eigenvalue weighted by Gasteiger charge is -2.31. The molecule has 4 heteroatoms. The molecule has 120 valence electrons. The van der Waals surface area contributed by atoms with Gasteiger partial charge in [0.2, 0.25) is 0 Å². The molecule has 4 nitrogen and oxygen atoms in total. The molecule has 1 saturated carbocycles. The Kier molecular flexibility index (Phi) is 4.55. The molecule has 0 amide bonds. The van der Waals surface area contributed by atoms with Gasteiger partial charge in [-0.15, -0.1) is 0 Å². The molecule has 3 rings (SSSR count). The van der Waals surface area contributed by atoms with Crippen LogP contribution in [0, 0.1) is 5.92 Å². The highest BCUT2D eigenvalue weighted by Gasteiger charge is 2.39. The molecule has 22 heavy (non-hydrogen) atoms. The largest absolute Gasteiger partial charge is 0.494 e. The van der Waals surface area contributed by atoms with E-state index < -0.39 is 0 Å². The first-order valence-corrected chi connectivity index (χ1v) is 8.48. The number of aliphatic imine (C=N–C) groups is 1. The summed E-state index contributed by atoms with van der Waals surface area (Å²) in [6, 6.07) is 8.77. The molecule has 3 atom stereocenters. The number of nitrogens with two attached hydrogens (primary N) is 1. The van der Waals surface area contributed by atoms with E-state index in [9.17, 15) is 0 Å². The van der Waals surface area contributed by atoms with Crippen molar-refractivity contribution in [3.8, 4) is 5.75 Å². The number of hydrogen-bond acceptors (Lipinski definition) is 2. The Morgan fingerprint density at radius 3 is 2.82 bits per heavy atom. The van der Waals surface area contributed by atoms with Crippen molar-refractivity contribution in [2.24, 2.45) is 16.6 Å². The molecule has 2 fully saturated rings. The van der Waals surface area contributed by atoms with Crippen molar-refractivity contribution in [2.75, 3.05) is 19.7 Å². The highest BCUT2D eigenvalue weighted by Crippen LogP contribution is 2.44. The van der Waals surface area contributed by atoms with Gasteiger partial charge in [-0.1, -0.05) is 19.1 Å². The Labute approximate surface area is 133 Å². The van der Waals surface area contributed by atoms with E-state index in [-0.39, 0.29) is 0 Å². The molecule has 1 aromatic carbocycles. The zero-order valence-electron chi connectivity index (χ0n) is 13.7. The third-order valence-electron chi connectivity index (χ3n) is 4.66. The number of nitrogens with zero attached hydrogens (tertiary/aromatic N) is 2. The second kappa shape index (κ2) is 6.59. The summed E-state index contributed by atoms with van der Waals surface area (Å²) >= 11 is 0. The van der Waals surface area contributed by atoms with Crippen molar-refractivity contribution in [2.45, 2.75) is 45.1 Å². The third kappa shape index (κ3) is 3.54. The predicted octanol–water partition coefficient (Wildman–Crippen LogP) is 2.99. The van der Waals surface area contributed by atoms with Gasteiger partial charge in [-0.25, -0.2) is 4.99 Å². The van der Waals surface area contributed by atoms with Crippen LogP contribution in [0.15, 0.2) is 29.3 Å². The van der Waals surface area contributed by atoms with Crippen LogP contribution in [0.3, 0.4) is 0 Å². The number of rotatable bonds is 4. The topological polar surface area (TPSA) is 50.9 Å². The zero-order valence-corrected chi connectivity index (χ0v) is 13.7. The van der Waals surface area contributed by atoms with Gasteiger partial charge in [-0.05, 0) is 49.8 Å². The summed E-state index contributed by atoms with van der Waals surface area (Å²) in [6.07, 6.45) is 3.64. The number of benzene rings is 1. The van der Waals surface area contributed by atoms with Gasteiger partial charge in [0.15, 0.2) is 5.96 Å². The van der Waals surface area contributed by atoms with E-state index in [1.165, 1.54) is 18.4 Å². The average molecular weight is 301 g/mol. The number of piperidine rings is 1. The molecular formula is C18H27N3O. The first-order valence-electron chi connectivity index (χ1n) is 8.48. The molecule has 0 spiro atoms. The first-order chi connectivity index (χ1) is 10.7. The van der Waals surface area contributed by atoms with Crippen LogP contribution in [0.1, 0.15) is 44.6 Å². The Morgan fingerprint density at radius 2 is 2.14 bits per heavy atom. The third-order valence-corrected chi connectivity index (χ3v) is 4.66.